The van der Waals surface area contributed by atoms with Crippen LogP contribution in [0.5, 0.6) is 0 Å². The molecular weight excluding hydrogens is 246 g/mol. The largest absolute Gasteiger partial charge is 0.481 e. The normalized spacial score (nSPS) is 21.9. The van der Waals surface area contributed by atoms with Gasteiger partial charge in [0.05, 0.1) is 18.5 Å². The number of hydrogen-bond donors (Lipinski definition) is 2. The van der Waals surface area contributed by atoms with E-state index in [0.29, 0.717) is 31.8 Å². The summed E-state index contributed by atoms with van der Waals surface area (Å²) >= 11 is 0. The molecule has 2 rings (SSSR count). The monoisotopic (exact) mass is 269 g/mol. The first-order valence-corrected chi connectivity index (χ1v) is 7.10. The Morgan fingerprint density at radius 1 is 1.26 bits per heavy atom. The maximum atomic E-state index is 12.1. The maximum absolute atomic E-state index is 12.1. The van der Waals surface area contributed by atoms with Crippen LogP contribution in [-0.4, -0.2) is 45.7 Å². The van der Waals surface area contributed by atoms with Crippen LogP contribution in [0.3, 0.4) is 0 Å². The van der Waals surface area contributed by atoms with Crippen molar-refractivity contribution in [3.63, 3.8) is 0 Å². The molecular formula is C14H23NO4. The molecule has 1 amide bonds. The molecule has 0 atom stereocenters. The number of aliphatic hydroxyl groups is 1. The van der Waals surface area contributed by atoms with Crippen LogP contribution >= 0.6 is 0 Å². The van der Waals surface area contributed by atoms with Crippen molar-refractivity contribution >= 4 is 11.9 Å². The second kappa shape index (κ2) is 4.78. The van der Waals surface area contributed by atoms with Crippen LogP contribution in [0.2, 0.25) is 0 Å². The Morgan fingerprint density at radius 3 is 2.16 bits per heavy atom. The number of carbonyl (C=O) groups is 2. The van der Waals surface area contributed by atoms with E-state index < -0.39 is 17.0 Å². The maximum Gasteiger partial charge on any atom is 0.310 e. The van der Waals surface area contributed by atoms with Crippen molar-refractivity contribution in [2.24, 2.45) is 11.3 Å². The molecule has 1 aliphatic carbocycles. The number of hydrogen-bond acceptors (Lipinski definition) is 3. The zero-order valence-electron chi connectivity index (χ0n) is 11.7. The number of rotatable bonds is 6. The summed E-state index contributed by atoms with van der Waals surface area (Å²) in [5.41, 5.74) is -1.65. The number of nitrogens with zero attached hydrogens (tertiary/aromatic N) is 1. The van der Waals surface area contributed by atoms with E-state index in [1.807, 2.05) is 13.8 Å². The summed E-state index contributed by atoms with van der Waals surface area (Å²) in [5, 5.41) is 19.5. The quantitative estimate of drug-likeness (QED) is 0.760. The third-order valence-corrected chi connectivity index (χ3v) is 4.92. The highest BCUT2D eigenvalue weighted by atomic mass is 16.4. The van der Waals surface area contributed by atoms with E-state index in [1.54, 1.807) is 4.90 Å². The highest BCUT2D eigenvalue weighted by molar-refractivity contribution is 5.85. The zero-order chi connectivity index (χ0) is 14.3. The first-order valence-electron chi connectivity index (χ1n) is 7.10. The predicted octanol–water partition coefficient (Wildman–Crippen LogP) is 1.25. The number of carboxylic acids is 1. The lowest BCUT2D eigenvalue weighted by Gasteiger charge is -2.47. The van der Waals surface area contributed by atoms with Gasteiger partial charge in [0.1, 0.15) is 5.60 Å². The topological polar surface area (TPSA) is 77.8 Å². The summed E-state index contributed by atoms with van der Waals surface area (Å²) < 4.78 is 0. The molecule has 5 heteroatoms. The Morgan fingerprint density at radius 2 is 1.79 bits per heavy atom. The van der Waals surface area contributed by atoms with E-state index in [9.17, 15) is 19.8 Å². The number of amides is 1. The number of likely N-dealkylation sites (tertiary alicyclic amines) is 1. The lowest BCUT2D eigenvalue weighted by atomic mass is 9.78. The summed E-state index contributed by atoms with van der Waals surface area (Å²) in [7, 11) is 0. The van der Waals surface area contributed by atoms with Gasteiger partial charge in [-0.05, 0) is 31.6 Å². The molecule has 5 nitrogen and oxygen atoms in total. The fraction of sp³-hybridized carbons (Fsp3) is 0.857. The van der Waals surface area contributed by atoms with Crippen LogP contribution in [0, 0.1) is 11.3 Å². The van der Waals surface area contributed by atoms with Gasteiger partial charge in [-0.2, -0.15) is 0 Å². The third kappa shape index (κ3) is 2.48. The zero-order valence-corrected chi connectivity index (χ0v) is 11.7. The van der Waals surface area contributed by atoms with Gasteiger partial charge in [-0.15, -0.1) is 0 Å². The van der Waals surface area contributed by atoms with Crippen molar-refractivity contribution in [2.45, 2.75) is 51.6 Å². The van der Waals surface area contributed by atoms with E-state index in [2.05, 4.69) is 0 Å². The molecule has 2 N–H and O–H groups in total. The molecule has 1 heterocycles. The molecule has 0 aromatic heterocycles. The second-order valence-electron chi connectivity index (χ2n) is 6.10. The smallest absolute Gasteiger partial charge is 0.310 e. The number of carboxylic acid groups (broad SMARTS) is 1. The summed E-state index contributed by atoms with van der Waals surface area (Å²) in [6.45, 7) is 4.36. The van der Waals surface area contributed by atoms with Gasteiger partial charge in [0.25, 0.3) is 0 Å². The number of β-amino-alcohol motifs (C(OH)–C–C–N with tert-alkyl or cyclic N) is 1. The minimum atomic E-state index is -0.954. The standard InChI is InChI=1S/C14H23NO4/c1-3-13(4-2,12(17)18)7-11(16)15-8-14(19,9-15)10-5-6-10/h10,19H,3-9H2,1-2H3,(H,17,18). The van der Waals surface area contributed by atoms with Crippen molar-refractivity contribution in [2.75, 3.05) is 13.1 Å². The summed E-state index contributed by atoms with van der Waals surface area (Å²) in [6.07, 6.45) is 3.02. The van der Waals surface area contributed by atoms with Gasteiger partial charge in [-0.3, -0.25) is 9.59 Å². The third-order valence-electron chi connectivity index (χ3n) is 4.92. The Labute approximate surface area is 113 Å². The molecule has 0 aromatic carbocycles. The molecule has 108 valence electrons. The molecule has 0 unspecified atom stereocenters. The van der Waals surface area contributed by atoms with E-state index >= 15 is 0 Å². The van der Waals surface area contributed by atoms with Gasteiger partial charge >= 0.3 is 5.97 Å². The van der Waals surface area contributed by atoms with Gasteiger partial charge in [0, 0.05) is 6.42 Å². The molecule has 1 saturated carbocycles. The van der Waals surface area contributed by atoms with Gasteiger partial charge in [-0.1, -0.05) is 13.8 Å². The van der Waals surface area contributed by atoms with Crippen LogP contribution in [0.4, 0.5) is 0 Å². The lowest BCUT2D eigenvalue weighted by Crippen LogP contribution is -2.65. The van der Waals surface area contributed by atoms with E-state index in [-0.39, 0.29) is 12.3 Å². The SMILES string of the molecule is CCC(CC)(CC(=O)N1CC(O)(C2CC2)C1)C(=O)O. The van der Waals surface area contributed by atoms with Crippen molar-refractivity contribution in [1.29, 1.82) is 0 Å². The predicted molar refractivity (Wildman–Crippen MR) is 69.5 cm³/mol. The Balaban J connectivity index is 1.92. The molecule has 1 aliphatic heterocycles. The van der Waals surface area contributed by atoms with E-state index in [4.69, 9.17) is 0 Å². The van der Waals surface area contributed by atoms with Crippen molar-refractivity contribution < 1.29 is 19.8 Å². The van der Waals surface area contributed by atoms with Gasteiger partial charge in [-0.25, -0.2) is 0 Å². The van der Waals surface area contributed by atoms with E-state index in [0.717, 1.165) is 12.8 Å². The molecule has 2 fully saturated rings. The van der Waals surface area contributed by atoms with Gasteiger partial charge in [0.15, 0.2) is 0 Å². The first kappa shape index (κ1) is 14.3. The van der Waals surface area contributed by atoms with Gasteiger partial charge in [0.2, 0.25) is 5.91 Å². The summed E-state index contributed by atoms with van der Waals surface area (Å²) in [5.74, 6) is -0.696. The Bertz CT molecular complexity index is 379. The minimum absolute atomic E-state index is 0.0378. The minimum Gasteiger partial charge on any atom is -0.481 e. The highest BCUT2D eigenvalue weighted by Gasteiger charge is 2.54. The van der Waals surface area contributed by atoms with E-state index in [1.165, 1.54) is 0 Å². The molecule has 0 bridgehead atoms. The van der Waals surface area contributed by atoms with Crippen LogP contribution in [0.1, 0.15) is 46.0 Å². The van der Waals surface area contributed by atoms with Gasteiger partial charge < -0.3 is 15.1 Å². The average molecular weight is 269 g/mol. The highest BCUT2D eigenvalue weighted by Crippen LogP contribution is 2.45. The molecule has 0 aromatic rings. The molecule has 0 radical (unpaired) electrons. The molecule has 19 heavy (non-hydrogen) atoms. The molecule has 2 aliphatic rings. The average Bonchev–Trinajstić information content (AvgIpc) is 3.15. The van der Waals surface area contributed by atoms with Crippen molar-refractivity contribution in [3.8, 4) is 0 Å². The summed E-state index contributed by atoms with van der Waals surface area (Å²) in [6, 6.07) is 0. The lowest BCUT2D eigenvalue weighted by molar-refractivity contribution is -0.166. The Hall–Kier alpha value is -1.10. The first-order chi connectivity index (χ1) is 8.87. The van der Waals surface area contributed by atoms with Crippen molar-refractivity contribution in [3.05, 3.63) is 0 Å². The second-order valence-corrected chi connectivity index (χ2v) is 6.10. The number of aliphatic carboxylic acids is 1. The van der Waals surface area contributed by atoms with Crippen LogP contribution < -0.4 is 0 Å². The molecule has 1 saturated heterocycles. The van der Waals surface area contributed by atoms with Crippen LogP contribution in [0.15, 0.2) is 0 Å². The Kier molecular flexibility index (Phi) is 3.60. The fourth-order valence-electron chi connectivity index (χ4n) is 2.95. The summed E-state index contributed by atoms with van der Waals surface area (Å²) in [4.78, 5) is 25.1. The fourth-order valence-corrected chi connectivity index (χ4v) is 2.95. The van der Waals surface area contributed by atoms with Crippen LogP contribution in [-0.2, 0) is 9.59 Å². The van der Waals surface area contributed by atoms with Crippen molar-refractivity contribution in [1.82, 2.24) is 4.90 Å². The number of carbonyl (C=O) groups excluding carboxylic acids is 1. The molecule has 0 spiro atoms. The van der Waals surface area contributed by atoms with Crippen LogP contribution in [0.25, 0.3) is 0 Å².